The first-order valence-electron chi connectivity index (χ1n) is 9.50. The van der Waals surface area contributed by atoms with Gasteiger partial charge >= 0.3 is 0 Å². The zero-order valence-corrected chi connectivity index (χ0v) is 18.9. The molecule has 0 unspecified atom stereocenters. The molecule has 0 radical (unpaired) electrons. The van der Waals surface area contributed by atoms with Gasteiger partial charge in [0.1, 0.15) is 6.61 Å². The van der Waals surface area contributed by atoms with Crippen LogP contribution in [-0.4, -0.2) is 12.5 Å². The number of carbonyl (C=O) groups is 1. The van der Waals surface area contributed by atoms with Crippen molar-refractivity contribution >= 4 is 34.2 Å². The second kappa shape index (κ2) is 9.78. The van der Waals surface area contributed by atoms with Crippen molar-refractivity contribution in [2.45, 2.75) is 27.4 Å². The summed E-state index contributed by atoms with van der Waals surface area (Å²) in [5.74, 6) is 1.05. The van der Waals surface area contributed by atoms with E-state index in [-0.39, 0.29) is 5.91 Å². The van der Waals surface area contributed by atoms with E-state index < -0.39 is 0 Å². The molecule has 1 amide bonds. The molecule has 3 rings (SSSR count). The Morgan fingerprint density at radius 1 is 1.00 bits per heavy atom. The predicted molar refractivity (Wildman–Crippen MR) is 125 cm³/mol. The van der Waals surface area contributed by atoms with E-state index in [1.807, 2.05) is 75.4 Å². The number of halogens is 1. The number of hydrogen-bond donors (Lipinski definition) is 1. The van der Waals surface area contributed by atoms with Gasteiger partial charge in [-0.25, -0.2) is 0 Å². The molecular weight excluding hydrogens is 477 g/mol. The smallest absolute Gasteiger partial charge is 0.255 e. The fourth-order valence-electron chi connectivity index (χ4n) is 2.91. The molecule has 0 fully saturated rings. The van der Waals surface area contributed by atoms with Gasteiger partial charge in [-0.1, -0.05) is 42.5 Å². The number of carbonyl (C=O) groups excluding carboxylic acids is 1. The highest BCUT2D eigenvalue weighted by atomic mass is 127. The molecule has 0 saturated carbocycles. The molecule has 3 aromatic carbocycles. The maximum atomic E-state index is 12.9. The third kappa shape index (κ3) is 5.29. The third-order valence-corrected chi connectivity index (χ3v) is 5.45. The van der Waals surface area contributed by atoms with Gasteiger partial charge in [-0.3, -0.25) is 4.79 Å². The highest BCUT2D eigenvalue weighted by Crippen LogP contribution is 2.35. The lowest BCUT2D eigenvalue weighted by Crippen LogP contribution is -2.14. The van der Waals surface area contributed by atoms with Crippen LogP contribution in [0.2, 0.25) is 0 Å². The highest BCUT2D eigenvalue weighted by molar-refractivity contribution is 14.1. The van der Waals surface area contributed by atoms with Crippen LogP contribution in [0.4, 0.5) is 5.69 Å². The number of rotatable bonds is 7. The largest absolute Gasteiger partial charge is 0.489 e. The summed E-state index contributed by atoms with van der Waals surface area (Å²) in [6.07, 6.45) is 0. The van der Waals surface area contributed by atoms with Crippen molar-refractivity contribution in [3.8, 4) is 11.5 Å². The summed E-state index contributed by atoms with van der Waals surface area (Å²) in [5.41, 5.74) is 4.58. The van der Waals surface area contributed by atoms with Crippen molar-refractivity contribution in [3.63, 3.8) is 0 Å². The van der Waals surface area contributed by atoms with E-state index in [4.69, 9.17) is 9.47 Å². The number of amides is 1. The second-order valence-corrected chi connectivity index (χ2v) is 7.86. The normalized spacial score (nSPS) is 10.5. The van der Waals surface area contributed by atoms with Gasteiger partial charge in [-0.05, 0) is 78.3 Å². The summed E-state index contributed by atoms with van der Waals surface area (Å²) in [7, 11) is 0. The predicted octanol–water partition coefficient (Wildman–Crippen LogP) is 6.14. The van der Waals surface area contributed by atoms with Gasteiger partial charge in [-0.15, -0.1) is 0 Å². The average Bonchev–Trinajstić information content (AvgIpc) is 2.72. The molecule has 1 N–H and O–H groups in total. The molecule has 150 valence electrons. The summed E-state index contributed by atoms with van der Waals surface area (Å²) < 4.78 is 12.6. The summed E-state index contributed by atoms with van der Waals surface area (Å²) >= 11 is 2.18. The van der Waals surface area contributed by atoms with Crippen LogP contribution in [0, 0.1) is 17.4 Å². The van der Waals surface area contributed by atoms with Crippen LogP contribution >= 0.6 is 22.6 Å². The van der Waals surface area contributed by atoms with Gasteiger partial charge in [0.15, 0.2) is 11.5 Å². The van der Waals surface area contributed by atoms with E-state index in [0.29, 0.717) is 30.3 Å². The molecule has 4 nitrogen and oxygen atoms in total. The first-order valence-corrected chi connectivity index (χ1v) is 10.6. The van der Waals surface area contributed by atoms with Crippen molar-refractivity contribution in [1.82, 2.24) is 0 Å². The molecule has 0 atom stereocenters. The van der Waals surface area contributed by atoms with Crippen molar-refractivity contribution in [1.29, 1.82) is 0 Å². The second-order valence-electron chi connectivity index (χ2n) is 6.69. The summed E-state index contributed by atoms with van der Waals surface area (Å²) in [6.45, 7) is 6.88. The Labute approximate surface area is 185 Å². The number of aryl methyl sites for hydroxylation is 1. The minimum absolute atomic E-state index is 0.177. The molecule has 5 heteroatoms. The van der Waals surface area contributed by atoms with Gasteiger partial charge in [0.05, 0.1) is 10.2 Å². The number of hydrogen-bond acceptors (Lipinski definition) is 3. The maximum Gasteiger partial charge on any atom is 0.255 e. The fourth-order valence-corrected chi connectivity index (χ4v) is 3.66. The van der Waals surface area contributed by atoms with Crippen LogP contribution in [0.15, 0.2) is 60.7 Å². The zero-order chi connectivity index (χ0) is 20.8. The summed E-state index contributed by atoms with van der Waals surface area (Å²) in [4.78, 5) is 12.9. The molecule has 0 bridgehead atoms. The number of nitrogens with one attached hydrogen (secondary N) is 1. The van der Waals surface area contributed by atoms with E-state index >= 15 is 0 Å². The molecule has 0 aliphatic rings. The van der Waals surface area contributed by atoms with Gasteiger partial charge in [-0.2, -0.15) is 0 Å². The number of anilines is 1. The van der Waals surface area contributed by atoms with Crippen molar-refractivity contribution in [3.05, 3.63) is 86.5 Å². The zero-order valence-electron chi connectivity index (χ0n) is 16.8. The van der Waals surface area contributed by atoms with Gasteiger partial charge < -0.3 is 14.8 Å². The Balaban J connectivity index is 1.87. The number of ether oxygens (including phenoxy) is 2. The first-order chi connectivity index (χ1) is 14.0. The molecule has 3 aromatic rings. The average molecular weight is 501 g/mol. The van der Waals surface area contributed by atoms with E-state index in [1.165, 1.54) is 0 Å². The molecule has 0 aliphatic carbocycles. The molecule has 0 heterocycles. The van der Waals surface area contributed by atoms with Crippen LogP contribution in [0.25, 0.3) is 0 Å². The lowest BCUT2D eigenvalue weighted by Gasteiger charge is -2.16. The van der Waals surface area contributed by atoms with Crippen molar-refractivity contribution in [2.75, 3.05) is 11.9 Å². The van der Waals surface area contributed by atoms with Crippen LogP contribution in [-0.2, 0) is 6.61 Å². The number of benzene rings is 3. The van der Waals surface area contributed by atoms with E-state index in [1.54, 1.807) is 6.07 Å². The van der Waals surface area contributed by atoms with Gasteiger partial charge in [0.2, 0.25) is 0 Å². The van der Waals surface area contributed by atoms with Crippen molar-refractivity contribution in [2.24, 2.45) is 0 Å². The van der Waals surface area contributed by atoms with E-state index in [2.05, 4.69) is 27.9 Å². The highest BCUT2D eigenvalue weighted by Gasteiger charge is 2.17. The Kier molecular flexibility index (Phi) is 7.14. The molecule has 29 heavy (non-hydrogen) atoms. The molecule has 0 aromatic heterocycles. The quantitative estimate of drug-likeness (QED) is 0.396. The van der Waals surface area contributed by atoms with Crippen molar-refractivity contribution < 1.29 is 14.3 Å². The Hall–Kier alpha value is -2.54. The van der Waals surface area contributed by atoms with Crippen LogP contribution in [0.1, 0.15) is 34.0 Å². The van der Waals surface area contributed by atoms with Crippen LogP contribution in [0.5, 0.6) is 11.5 Å². The van der Waals surface area contributed by atoms with E-state index in [0.717, 1.165) is 25.9 Å². The monoisotopic (exact) mass is 501 g/mol. The lowest BCUT2D eigenvalue weighted by atomic mass is 10.1. The van der Waals surface area contributed by atoms with E-state index in [9.17, 15) is 4.79 Å². The Morgan fingerprint density at radius 2 is 1.76 bits per heavy atom. The Bertz CT molecular complexity index is 1000. The standard InChI is InChI=1S/C24H24INO3/c1-4-28-23-20(25)13-19(14-22(23)29-15-18-10-6-5-7-11-18)24(27)26-21-12-8-9-16(2)17(21)3/h5-14H,4,15H2,1-3H3,(H,26,27). The Morgan fingerprint density at radius 3 is 2.48 bits per heavy atom. The fraction of sp³-hybridized carbons (Fsp3) is 0.208. The lowest BCUT2D eigenvalue weighted by molar-refractivity contribution is 0.102. The minimum atomic E-state index is -0.177. The topological polar surface area (TPSA) is 47.6 Å². The molecule has 0 spiro atoms. The first kappa shape index (κ1) is 21.2. The molecule has 0 saturated heterocycles. The molecular formula is C24H24INO3. The maximum absolute atomic E-state index is 12.9. The third-order valence-electron chi connectivity index (χ3n) is 4.65. The minimum Gasteiger partial charge on any atom is -0.489 e. The summed E-state index contributed by atoms with van der Waals surface area (Å²) in [5, 5.41) is 3.01. The van der Waals surface area contributed by atoms with Crippen LogP contribution < -0.4 is 14.8 Å². The SMILES string of the molecule is CCOc1c(I)cc(C(=O)Nc2cccc(C)c2C)cc1OCc1ccccc1. The summed E-state index contributed by atoms with van der Waals surface area (Å²) in [6, 6.07) is 19.4. The van der Waals surface area contributed by atoms with Gasteiger partial charge in [0.25, 0.3) is 5.91 Å². The molecule has 0 aliphatic heterocycles. The van der Waals surface area contributed by atoms with Crippen LogP contribution in [0.3, 0.4) is 0 Å². The van der Waals surface area contributed by atoms with Gasteiger partial charge in [0, 0.05) is 11.3 Å².